The highest BCUT2D eigenvalue weighted by atomic mass is 15.2. The van der Waals surface area contributed by atoms with Crippen molar-refractivity contribution in [2.75, 3.05) is 9.80 Å². The van der Waals surface area contributed by atoms with Crippen LogP contribution >= 0.6 is 0 Å². The quantitative estimate of drug-likeness (QED) is 0.163. The maximum absolute atomic E-state index is 2.72. The molecule has 10 rings (SSSR count). The largest absolute Gasteiger partial charge is 0.311 e. The predicted molar refractivity (Wildman–Crippen MR) is 293 cm³/mol. The van der Waals surface area contributed by atoms with Crippen LogP contribution < -0.4 is 26.2 Å². The van der Waals surface area contributed by atoms with Crippen molar-refractivity contribution >= 4 is 57.2 Å². The molecular formula is C64H77BN2. The SMILES string of the molecule is Cc1cc2c3c(c1)N(c1ccc(C(C)(C)C)cc1-c1ccc4c(c1)C(C)(C)CC4(C)C)c1cc4c(cc1B3c1cc(C(C)(C)C)ccc1N2c1ccc(C(C)(C)C)cc1)C(C)(C)CCC4(C)C. The lowest BCUT2D eigenvalue weighted by Crippen LogP contribution is -2.62. The van der Waals surface area contributed by atoms with Crippen molar-refractivity contribution in [2.45, 2.75) is 182 Å². The minimum absolute atomic E-state index is 0.0145. The summed E-state index contributed by atoms with van der Waals surface area (Å²) >= 11 is 0. The van der Waals surface area contributed by atoms with E-state index in [2.05, 4.69) is 238 Å². The Bertz CT molecular complexity index is 3010. The summed E-state index contributed by atoms with van der Waals surface area (Å²) in [6.45, 7) is 43.2. The summed E-state index contributed by atoms with van der Waals surface area (Å²) in [4.78, 5) is 5.32. The molecular weight excluding hydrogens is 808 g/mol. The molecule has 0 radical (unpaired) electrons. The molecule has 4 aliphatic rings. The summed E-state index contributed by atoms with van der Waals surface area (Å²) in [7, 11) is 0. The lowest BCUT2D eigenvalue weighted by molar-refractivity contribution is 0.332. The monoisotopic (exact) mass is 885 g/mol. The number of nitrogens with zero attached hydrogens (tertiary/aromatic N) is 2. The van der Waals surface area contributed by atoms with E-state index in [4.69, 9.17) is 0 Å². The second-order valence-electron chi connectivity index (χ2n) is 27.1. The Hall–Kier alpha value is -5.02. The van der Waals surface area contributed by atoms with E-state index in [1.54, 1.807) is 0 Å². The molecule has 2 nitrogen and oxygen atoms in total. The van der Waals surface area contributed by atoms with Crippen molar-refractivity contribution in [3.8, 4) is 11.1 Å². The topological polar surface area (TPSA) is 6.48 Å². The van der Waals surface area contributed by atoms with E-state index >= 15 is 0 Å². The Labute approximate surface area is 405 Å². The first-order valence-corrected chi connectivity index (χ1v) is 25.5. The van der Waals surface area contributed by atoms with Crippen LogP contribution in [0.2, 0.25) is 0 Å². The summed E-state index contributed by atoms with van der Waals surface area (Å²) in [5, 5.41) is 0. The van der Waals surface area contributed by atoms with Crippen molar-refractivity contribution in [3.63, 3.8) is 0 Å². The molecule has 0 fully saturated rings. The number of hydrogen-bond donors (Lipinski definition) is 0. The first kappa shape index (κ1) is 45.8. The zero-order valence-electron chi connectivity index (χ0n) is 44.4. The van der Waals surface area contributed by atoms with Gasteiger partial charge in [-0.2, -0.15) is 0 Å². The summed E-state index contributed by atoms with van der Waals surface area (Å²) in [6.07, 6.45) is 3.49. The van der Waals surface area contributed by atoms with Gasteiger partial charge in [-0.25, -0.2) is 0 Å². The Morgan fingerprint density at radius 3 is 1.51 bits per heavy atom. The molecule has 2 aliphatic heterocycles. The molecule has 67 heavy (non-hydrogen) atoms. The molecule has 0 unspecified atom stereocenters. The fourth-order valence-electron chi connectivity index (χ4n) is 12.9. The van der Waals surface area contributed by atoms with Crippen LogP contribution in [0.15, 0.2) is 103 Å². The molecule has 2 heterocycles. The predicted octanol–water partition coefficient (Wildman–Crippen LogP) is 15.9. The molecule has 0 saturated heterocycles. The third-order valence-corrected chi connectivity index (χ3v) is 16.8. The van der Waals surface area contributed by atoms with Gasteiger partial charge in [-0.1, -0.05) is 172 Å². The van der Waals surface area contributed by atoms with E-state index in [0.717, 1.165) is 6.42 Å². The number of aryl methyl sites for hydroxylation is 1. The third kappa shape index (κ3) is 7.26. The van der Waals surface area contributed by atoms with E-state index in [9.17, 15) is 0 Å². The van der Waals surface area contributed by atoms with E-state index in [-0.39, 0.29) is 44.6 Å². The van der Waals surface area contributed by atoms with Crippen LogP contribution in [0, 0.1) is 6.92 Å². The maximum Gasteiger partial charge on any atom is 0.252 e. The summed E-state index contributed by atoms with van der Waals surface area (Å²) in [6, 6.07) is 42.1. The first-order valence-electron chi connectivity index (χ1n) is 25.5. The molecule has 0 amide bonds. The molecule has 2 aliphatic carbocycles. The van der Waals surface area contributed by atoms with Crippen LogP contribution in [0.1, 0.15) is 181 Å². The molecule has 0 aromatic heterocycles. The molecule has 0 N–H and O–H groups in total. The van der Waals surface area contributed by atoms with E-state index in [1.165, 1.54) is 119 Å². The Kier molecular flexibility index (Phi) is 9.91. The van der Waals surface area contributed by atoms with Gasteiger partial charge in [0.15, 0.2) is 0 Å². The van der Waals surface area contributed by atoms with Crippen LogP contribution in [-0.4, -0.2) is 6.71 Å². The van der Waals surface area contributed by atoms with Crippen LogP contribution in [-0.2, 0) is 37.9 Å². The van der Waals surface area contributed by atoms with Gasteiger partial charge in [0.25, 0.3) is 6.71 Å². The second kappa shape index (κ2) is 14.5. The molecule has 3 heteroatoms. The summed E-state index contributed by atoms with van der Waals surface area (Å²) in [5.41, 5.74) is 26.1. The number of anilines is 6. The van der Waals surface area contributed by atoms with Gasteiger partial charge in [-0.15, -0.1) is 0 Å². The maximum atomic E-state index is 2.72. The Morgan fingerprint density at radius 2 is 0.910 bits per heavy atom. The van der Waals surface area contributed by atoms with Gasteiger partial charge < -0.3 is 9.80 Å². The highest BCUT2D eigenvalue weighted by Gasteiger charge is 2.48. The van der Waals surface area contributed by atoms with E-state index in [0.29, 0.717) is 0 Å². The zero-order valence-corrected chi connectivity index (χ0v) is 44.4. The minimum Gasteiger partial charge on any atom is -0.311 e. The summed E-state index contributed by atoms with van der Waals surface area (Å²) < 4.78 is 0. The Morgan fingerprint density at radius 1 is 0.418 bits per heavy atom. The van der Waals surface area contributed by atoms with E-state index < -0.39 is 0 Å². The number of fused-ring (bicyclic) bond motifs is 6. The zero-order chi connectivity index (χ0) is 48.3. The van der Waals surface area contributed by atoms with Crippen LogP contribution in [0.4, 0.5) is 34.1 Å². The van der Waals surface area contributed by atoms with Gasteiger partial charge in [0.1, 0.15) is 0 Å². The van der Waals surface area contributed by atoms with Gasteiger partial charge in [-0.05, 0) is 179 Å². The van der Waals surface area contributed by atoms with E-state index in [1.807, 2.05) is 0 Å². The fraction of sp³-hybridized carbons (Fsp3) is 0.438. The van der Waals surface area contributed by atoms with Crippen molar-refractivity contribution in [3.05, 3.63) is 148 Å². The average molecular weight is 885 g/mol. The number of hydrogen-bond acceptors (Lipinski definition) is 2. The number of rotatable bonds is 3. The fourth-order valence-corrected chi connectivity index (χ4v) is 12.9. The van der Waals surface area contributed by atoms with Gasteiger partial charge in [0.2, 0.25) is 0 Å². The normalized spacial score (nSPS) is 18.5. The van der Waals surface area contributed by atoms with Crippen molar-refractivity contribution < 1.29 is 0 Å². The van der Waals surface area contributed by atoms with Gasteiger partial charge in [0.05, 0.1) is 5.69 Å². The molecule has 0 bridgehead atoms. The molecule has 0 atom stereocenters. The highest BCUT2D eigenvalue weighted by Crippen LogP contribution is 2.54. The Balaban J connectivity index is 1.33. The molecule has 6 aromatic rings. The van der Waals surface area contributed by atoms with Gasteiger partial charge >= 0.3 is 0 Å². The highest BCUT2D eigenvalue weighted by molar-refractivity contribution is 7.00. The first-order chi connectivity index (χ1) is 31.0. The lowest BCUT2D eigenvalue weighted by Gasteiger charge is -2.48. The van der Waals surface area contributed by atoms with Crippen LogP contribution in [0.25, 0.3) is 11.1 Å². The average Bonchev–Trinajstić information content (AvgIpc) is 3.42. The standard InChI is InChI=1S/C64H77BN2/c1-39-31-55-57-56(32-39)67(52-27-22-42(59(5,6)7)34-45(52)40-19-26-46-47(33-40)64(17,18)38-63(46,15)16)54-37-49-48(61(11,12)29-30-62(49,13)14)36-51(54)65(57)50-35-43(60(8,9)10)23-28-53(50)66(55)44-24-20-41(21-25-44)58(2,3)4/h19-28,31-37H,29-30,38H2,1-18H3. The third-order valence-electron chi connectivity index (χ3n) is 16.8. The molecule has 0 spiro atoms. The van der Waals surface area contributed by atoms with Crippen LogP contribution in [0.3, 0.4) is 0 Å². The molecule has 6 aromatic carbocycles. The minimum atomic E-state index is -0.0230. The van der Waals surface area contributed by atoms with Crippen molar-refractivity contribution in [1.29, 1.82) is 0 Å². The lowest BCUT2D eigenvalue weighted by atomic mass is 9.33. The van der Waals surface area contributed by atoms with Crippen molar-refractivity contribution in [2.24, 2.45) is 0 Å². The van der Waals surface area contributed by atoms with Gasteiger partial charge in [0, 0.05) is 34.0 Å². The van der Waals surface area contributed by atoms with Gasteiger partial charge in [-0.3, -0.25) is 0 Å². The molecule has 346 valence electrons. The second-order valence-corrected chi connectivity index (χ2v) is 27.1. The van der Waals surface area contributed by atoms with Crippen LogP contribution in [0.5, 0.6) is 0 Å². The summed E-state index contributed by atoms with van der Waals surface area (Å²) in [5.74, 6) is 0. The number of benzene rings is 6. The molecule has 0 saturated carbocycles. The van der Waals surface area contributed by atoms with Crippen molar-refractivity contribution in [1.82, 2.24) is 0 Å². The smallest absolute Gasteiger partial charge is 0.252 e.